The maximum Gasteiger partial charge on any atom is 0.305 e. The Hall–Kier alpha value is -2.92. The molecule has 2 saturated heterocycles. The normalized spacial score (nSPS) is 46.1. The van der Waals surface area contributed by atoms with Crippen molar-refractivity contribution in [2.24, 2.45) is 28.1 Å². The van der Waals surface area contributed by atoms with E-state index < -0.39 is 82.5 Å². The predicted octanol–water partition coefficient (Wildman–Crippen LogP) is 4.42. The Morgan fingerprint density at radius 3 is 2.09 bits per heavy atom. The van der Waals surface area contributed by atoms with Gasteiger partial charge in [-0.15, -0.1) is 0 Å². The van der Waals surface area contributed by atoms with Crippen LogP contribution in [0.5, 0.6) is 0 Å². The van der Waals surface area contributed by atoms with Gasteiger partial charge in [0.15, 0.2) is 6.10 Å². The van der Waals surface area contributed by atoms with Gasteiger partial charge >= 0.3 is 23.9 Å². The highest BCUT2D eigenvalue weighted by molar-refractivity contribution is 5.68. The summed E-state index contributed by atoms with van der Waals surface area (Å²) in [5.74, 6) is -1.91. The van der Waals surface area contributed by atoms with Crippen molar-refractivity contribution in [2.45, 2.75) is 123 Å². The van der Waals surface area contributed by atoms with Crippen LogP contribution in [0.2, 0.25) is 0 Å². The third kappa shape index (κ3) is 4.20. The minimum absolute atomic E-state index is 0.0795. The summed E-state index contributed by atoms with van der Waals surface area (Å²) in [6.45, 7) is 11.9. The number of hydrogen-bond acceptors (Lipinski definition) is 11. The number of esters is 4. The zero-order valence-electron chi connectivity index (χ0n) is 25.9. The van der Waals surface area contributed by atoms with Crippen LogP contribution < -0.4 is 0 Å². The molecule has 1 aromatic rings. The van der Waals surface area contributed by atoms with Gasteiger partial charge in [0.05, 0.1) is 18.6 Å². The van der Waals surface area contributed by atoms with Gasteiger partial charge in [-0.1, -0.05) is 20.8 Å². The first-order chi connectivity index (χ1) is 20.2. The van der Waals surface area contributed by atoms with Gasteiger partial charge < -0.3 is 32.8 Å². The van der Waals surface area contributed by atoms with Crippen LogP contribution in [0.4, 0.5) is 0 Å². The number of epoxide rings is 1. The van der Waals surface area contributed by atoms with Crippen molar-refractivity contribution < 1.29 is 52.0 Å². The molecular formula is C32H42O11. The fourth-order valence-corrected chi connectivity index (χ4v) is 10.2. The molecular weight excluding hydrogens is 560 g/mol. The van der Waals surface area contributed by atoms with Crippen LogP contribution in [0, 0.1) is 28.1 Å². The first-order valence-corrected chi connectivity index (χ1v) is 15.2. The largest absolute Gasteiger partial charge is 0.472 e. The molecule has 11 heteroatoms. The Morgan fingerprint density at radius 2 is 1.49 bits per heavy atom. The molecule has 6 rings (SSSR count). The second kappa shape index (κ2) is 10.1. The Balaban J connectivity index is 1.50. The number of fused-ring (bicyclic) bond motifs is 3. The summed E-state index contributed by atoms with van der Waals surface area (Å²) in [6, 6.07) is 1.85. The summed E-state index contributed by atoms with van der Waals surface area (Å²) in [7, 11) is 0. The maximum atomic E-state index is 12.7. The van der Waals surface area contributed by atoms with E-state index in [1.165, 1.54) is 27.7 Å². The maximum absolute atomic E-state index is 12.7. The van der Waals surface area contributed by atoms with E-state index in [0.717, 1.165) is 5.56 Å². The van der Waals surface area contributed by atoms with Crippen molar-refractivity contribution >= 4 is 23.9 Å². The third-order valence-electron chi connectivity index (χ3n) is 11.7. The Bertz CT molecular complexity index is 1310. The minimum Gasteiger partial charge on any atom is -0.472 e. The summed E-state index contributed by atoms with van der Waals surface area (Å²) in [6.07, 6.45) is 2.36. The van der Waals surface area contributed by atoms with Crippen LogP contribution in [0.15, 0.2) is 23.0 Å². The molecule has 0 bridgehead atoms. The number of carbonyl (C=O) groups is 4. The average molecular weight is 603 g/mol. The standard InChI is InChI=1S/C32H42O11/c1-16(33)38-22-12-21-13-25(40-18(3)35)31(7)23(30(21,6)24(14-22)39-17(2)34)8-10-29(5)26(20-9-11-37-15-20)42-28(41-19(4)36)27-32(29,31)43-27/h9,11,15,21-28H,8,10,12-14H2,1-7H3/t21?,22-,23?,24-,25-,26-,27?,28?,29-,30-,31-,32?/m0/s1. The Kier molecular flexibility index (Phi) is 7.04. The number of furan rings is 1. The zero-order chi connectivity index (χ0) is 31.1. The van der Waals surface area contributed by atoms with E-state index in [9.17, 15) is 19.2 Å². The number of hydrogen-bond donors (Lipinski definition) is 0. The third-order valence-corrected chi connectivity index (χ3v) is 11.7. The van der Waals surface area contributed by atoms with Crippen molar-refractivity contribution in [1.29, 1.82) is 0 Å². The summed E-state index contributed by atoms with van der Waals surface area (Å²) in [4.78, 5) is 49.4. The van der Waals surface area contributed by atoms with Gasteiger partial charge in [0, 0.05) is 55.9 Å². The molecule has 11 nitrogen and oxygen atoms in total. The van der Waals surface area contributed by atoms with Gasteiger partial charge in [0.1, 0.15) is 23.9 Å². The first kappa shape index (κ1) is 30.1. The lowest BCUT2D eigenvalue weighted by Crippen LogP contribution is -2.74. The molecule has 0 radical (unpaired) electrons. The van der Waals surface area contributed by atoms with Crippen LogP contribution in [0.1, 0.15) is 92.2 Å². The molecule has 1 aromatic heterocycles. The second-order valence-electron chi connectivity index (χ2n) is 13.8. The first-order valence-electron chi connectivity index (χ1n) is 15.2. The molecule has 0 N–H and O–H groups in total. The van der Waals surface area contributed by atoms with Crippen LogP contribution in [0.3, 0.4) is 0 Å². The van der Waals surface area contributed by atoms with Crippen molar-refractivity contribution in [3.05, 3.63) is 24.2 Å². The SMILES string of the molecule is CC(=O)OC1O[C@@H](c2ccoc2)[C@]2(C)CCC3[C@]4(C)C(C[C@H](OC(C)=O)C[C@@H]4OC(C)=O)C[C@H](OC(C)=O)[C@@]3(C)C23OC13. The van der Waals surface area contributed by atoms with Gasteiger partial charge in [-0.05, 0) is 43.6 Å². The highest BCUT2D eigenvalue weighted by Crippen LogP contribution is 2.80. The molecule has 236 valence electrons. The van der Waals surface area contributed by atoms with Crippen LogP contribution in [-0.4, -0.2) is 60.2 Å². The molecule has 43 heavy (non-hydrogen) atoms. The highest BCUT2D eigenvalue weighted by atomic mass is 16.8. The molecule has 5 fully saturated rings. The van der Waals surface area contributed by atoms with Crippen molar-refractivity contribution in [2.75, 3.05) is 0 Å². The topological polar surface area (TPSA) is 140 Å². The molecule has 12 atom stereocenters. The van der Waals surface area contributed by atoms with Gasteiger partial charge in [0.2, 0.25) is 6.29 Å². The molecule has 5 unspecified atom stereocenters. The van der Waals surface area contributed by atoms with E-state index >= 15 is 0 Å². The van der Waals surface area contributed by atoms with E-state index in [0.29, 0.717) is 32.1 Å². The van der Waals surface area contributed by atoms with E-state index in [4.69, 9.17) is 32.8 Å². The van der Waals surface area contributed by atoms with E-state index in [-0.39, 0.29) is 11.8 Å². The van der Waals surface area contributed by atoms with Gasteiger partial charge in [-0.2, -0.15) is 0 Å². The lowest BCUT2D eigenvalue weighted by atomic mass is 9.36. The summed E-state index contributed by atoms with van der Waals surface area (Å²) in [5.41, 5.74) is -2.07. The average Bonchev–Trinajstić information content (AvgIpc) is 3.45. The number of ether oxygens (including phenoxy) is 6. The second-order valence-corrected chi connectivity index (χ2v) is 13.8. The van der Waals surface area contributed by atoms with Crippen molar-refractivity contribution in [3.63, 3.8) is 0 Å². The number of carbonyl (C=O) groups excluding carboxylic acids is 4. The van der Waals surface area contributed by atoms with E-state index in [1.54, 1.807) is 12.5 Å². The molecule has 0 aromatic carbocycles. The molecule has 2 aliphatic heterocycles. The Morgan fingerprint density at radius 1 is 0.837 bits per heavy atom. The molecule has 0 amide bonds. The quantitative estimate of drug-likeness (QED) is 0.269. The predicted molar refractivity (Wildman–Crippen MR) is 147 cm³/mol. The van der Waals surface area contributed by atoms with Crippen molar-refractivity contribution in [1.82, 2.24) is 0 Å². The Labute approximate surface area is 251 Å². The van der Waals surface area contributed by atoms with Crippen molar-refractivity contribution in [3.8, 4) is 0 Å². The lowest BCUT2D eigenvalue weighted by molar-refractivity contribution is -0.297. The highest BCUT2D eigenvalue weighted by Gasteiger charge is 2.88. The smallest absolute Gasteiger partial charge is 0.305 e. The van der Waals surface area contributed by atoms with Gasteiger partial charge in [0.25, 0.3) is 0 Å². The monoisotopic (exact) mass is 602 g/mol. The zero-order valence-corrected chi connectivity index (χ0v) is 25.9. The summed E-state index contributed by atoms with van der Waals surface area (Å²) in [5, 5.41) is 0. The van der Waals surface area contributed by atoms with Crippen LogP contribution in [-0.2, 0) is 47.6 Å². The summed E-state index contributed by atoms with van der Waals surface area (Å²) >= 11 is 0. The molecule has 3 saturated carbocycles. The van der Waals surface area contributed by atoms with E-state index in [2.05, 4.69) is 20.8 Å². The molecule has 3 heterocycles. The summed E-state index contributed by atoms with van der Waals surface area (Å²) < 4.78 is 42.4. The van der Waals surface area contributed by atoms with Gasteiger partial charge in [-0.25, -0.2) is 0 Å². The minimum atomic E-state index is -0.978. The molecule has 5 aliphatic rings. The van der Waals surface area contributed by atoms with Gasteiger partial charge in [-0.3, -0.25) is 19.2 Å². The molecule has 3 aliphatic carbocycles. The lowest BCUT2D eigenvalue weighted by Gasteiger charge is -2.69. The van der Waals surface area contributed by atoms with Crippen LogP contribution >= 0.6 is 0 Å². The van der Waals surface area contributed by atoms with E-state index in [1.807, 2.05) is 6.07 Å². The molecule has 1 spiro atoms. The van der Waals surface area contributed by atoms with Crippen LogP contribution in [0.25, 0.3) is 0 Å². The fourth-order valence-electron chi connectivity index (χ4n) is 10.2. The fraction of sp³-hybridized carbons (Fsp3) is 0.750. The number of rotatable bonds is 5.